The molecule has 0 saturated carbocycles. The normalized spacial score (nSPS) is 13.8. The third kappa shape index (κ3) is 4.35. The second-order valence-electron chi connectivity index (χ2n) is 6.42. The summed E-state index contributed by atoms with van der Waals surface area (Å²) in [5, 5.41) is 7.86. The highest BCUT2D eigenvalue weighted by molar-refractivity contribution is 7.19. The van der Waals surface area contributed by atoms with E-state index in [9.17, 15) is 9.59 Å². The lowest BCUT2D eigenvalue weighted by Gasteiger charge is -2.28. The number of ether oxygens (including phenoxy) is 2. The van der Waals surface area contributed by atoms with Gasteiger partial charge in [-0.25, -0.2) is 4.79 Å². The minimum Gasteiger partial charge on any atom is -0.461 e. The molecule has 1 amide bonds. The SMILES string of the molecule is CCOC(=O)c1nnsc1NC(=O)c1cc(-c2ccccc2)c(N2CCOCC2)s1. The molecular weight excluding hydrogens is 424 g/mol. The number of nitrogens with zero attached hydrogens (tertiary/aromatic N) is 3. The van der Waals surface area contributed by atoms with Gasteiger partial charge in [-0.1, -0.05) is 34.8 Å². The lowest BCUT2D eigenvalue weighted by atomic mass is 10.1. The van der Waals surface area contributed by atoms with E-state index in [2.05, 4.69) is 19.8 Å². The molecule has 10 heteroatoms. The third-order valence-electron chi connectivity index (χ3n) is 4.50. The van der Waals surface area contributed by atoms with Gasteiger partial charge in [0.2, 0.25) is 5.69 Å². The monoisotopic (exact) mass is 444 g/mol. The number of thiophene rings is 1. The zero-order chi connectivity index (χ0) is 20.9. The Morgan fingerprint density at radius 3 is 2.73 bits per heavy atom. The van der Waals surface area contributed by atoms with Crippen molar-refractivity contribution in [3.8, 4) is 11.1 Å². The van der Waals surface area contributed by atoms with Gasteiger partial charge in [-0.2, -0.15) is 0 Å². The standard InChI is InChI=1S/C20H20N4O4S2/c1-2-28-20(26)16-18(30-23-22-16)21-17(25)15-12-14(13-6-4-3-5-7-13)19(29-15)24-8-10-27-11-9-24/h3-7,12H,2,8-11H2,1H3,(H,21,25). The molecule has 1 saturated heterocycles. The molecule has 4 rings (SSSR count). The molecule has 1 aromatic carbocycles. The van der Waals surface area contributed by atoms with Crippen molar-refractivity contribution < 1.29 is 19.1 Å². The number of benzene rings is 1. The fourth-order valence-corrected chi connectivity index (χ4v) is 4.77. The van der Waals surface area contributed by atoms with Crippen LogP contribution in [0.1, 0.15) is 27.1 Å². The third-order valence-corrected chi connectivity index (χ3v) is 6.34. The van der Waals surface area contributed by atoms with E-state index in [4.69, 9.17) is 9.47 Å². The molecule has 1 N–H and O–H groups in total. The molecule has 0 bridgehead atoms. The molecular formula is C20H20N4O4S2. The lowest BCUT2D eigenvalue weighted by Crippen LogP contribution is -2.35. The number of carbonyl (C=O) groups is 2. The van der Waals surface area contributed by atoms with Gasteiger partial charge in [0.05, 0.1) is 29.7 Å². The minimum absolute atomic E-state index is 0.0171. The van der Waals surface area contributed by atoms with Crippen LogP contribution in [0.2, 0.25) is 0 Å². The first-order valence-corrected chi connectivity index (χ1v) is 11.1. The molecule has 0 spiro atoms. The van der Waals surface area contributed by atoms with Crippen LogP contribution in [-0.4, -0.2) is 54.4 Å². The van der Waals surface area contributed by atoms with Crippen LogP contribution in [0.4, 0.5) is 10.0 Å². The summed E-state index contributed by atoms with van der Waals surface area (Å²) in [5.74, 6) is -0.917. The summed E-state index contributed by atoms with van der Waals surface area (Å²) >= 11 is 2.37. The number of esters is 1. The first-order chi connectivity index (χ1) is 14.7. The summed E-state index contributed by atoms with van der Waals surface area (Å²) < 4.78 is 14.2. The smallest absolute Gasteiger partial charge is 0.362 e. The Bertz CT molecular complexity index is 1030. The largest absolute Gasteiger partial charge is 0.461 e. The number of hydrogen-bond donors (Lipinski definition) is 1. The highest BCUT2D eigenvalue weighted by atomic mass is 32.1. The van der Waals surface area contributed by atoms with Crippen molar-refractivity contribution in [2.45, 2.75) is 6.92 Å². The lowest BCUT2D eigenvalue weighted by molar-refractivity contribution is 0.0520. The van der Waals surface area contributed by atoms with E-state index in [-0.39, 0.29) is 23.2 Å². The first-order valence-electron chi connectivity index (χ1n) is 9.50. The van der Waals surface area contributed by atoms with Gasteiger partial charge in [-0.15, -0.1) is 16.4 Å². The van der Waals surface area contributed by atoms with Crippen molar-refractivity contribution in [3.63, 3.8) is 0 Å². The van der Waals surface area contributed by atoms with Crippen LogP contribution >= 0.6 is 22.9 Å². The van der Waals surface area contributed by atoms with Crippen molar-refractivity contribution >= 4 is 44.7 Å². The van der Waals surface area contributed by atoms with Gasteiger partial charge in [0.15, 0.2) is 5.00 Å². The molecule has 1 aliphatic rings. The summed E-state index contributed by atoms with van der Waals surface area (Å²) in [6.45, 7) is 4.78. The van der Waals surface area contributed by atoms with Crippen LogP contribution in [0.3, 0.4) is 0 Å². The van der Waals surface area contributed by atoms with E-state index in [0.29, 0.717) is 18.1 Å². The van der Waals surface area contributed by atoms with Gasteiger partial charge >= 0.3 is 5.97 Å². The molecule has 0 aliphatic carbocycles. The average molecular weight is 445 g/mol. The first kappa shape index (κ1) is 20.5. The number of morpholine rings is 1. The maximum Gasteiger partial charge on any atom is 0.362 e. The summed E-state index contributed by atoms with van der Waals surface area (Å²) in [7, 11) is 0. The van der Waals surface area contributed by atoms with Gasteiger partial charge in [0, 0.05) is 30.2 Å². The molecule has 0 unspecified atom stereocenters. The molecule has 0 radical (unpaired) electrons. The van der Waals surface area contributed by atoms with Gasteiger partial charge in [-0.05, 0) is 18.6 Å². The summed E-state index contributed by atoms with van der Waals surface area (Å²) in [6.07, 6.45) is 0. The van der Waals surface area contributed by atoms with Crippen LogP contribution < -0.4 is 10.2 Å². The van der Waals surface area contributed by atoms with E-state index in [1.165, 1.54) is 11.3 Å². The quantitative estimate of drug-likeness (QED) is 0.581. The molecule has 30 heavy (non-hydrogen) atoms. The molecule has 1 aliphatic heterocycles. The van der Waals surface area contributed by atoms with E-state index in [1.54, 1.807) is 6.92 Å². The maximum atomic E-state index is 13.0. The average Bonchev–Trinajstić information content (AvgIpc) is 3.43. The van der Waals surface area contributed by atoms with Crippen LogP contribution in [-0.2, 0) is 9.47 Å². The van der Waals surface area contributed by atoms with Gasteiger partial charge in [0.1, 0.15) is 0 Å². The summed E-state index contributed by atoms with van der Waals surface area (Å²) in [4.78, 5) is 27.8. The van der Waals surface area contributed by atoms with E-state index >= 15 is 0 Å². The van der Waals surface area contributed by atoms with Gasteiger partial charge in [-0.3, -0.25) is 4.79 Å². The van der Waals surface area contributed by atoms with E-state index in [0.717, 1.165) is 40.7 Å². The number of amides is 1. The van der Waals surface area contributed by atoms with Crippen molar-refractivity contribution in [1.82, 2.24) is 9.59 Å². The minimum atomic E-state index is -0.605. The van der Waals surface area contributed by atoms with Gasteiger partial charge in [0.25, 0.3) is 5.91 Å². The fourth-order valence-electron chi connectivity index (χ4n) is 3.09. The molecule has 3 aromatic rings. The predicted octanol–water partition coefficient (Wildman–Crippen LogP) is 3.53. The molecule has 156 valence electrons. The topological polar surface area (TPSA) is 93.7 Å². The number of rotatable bonds is 6. The predicted molar refractivity (Wildman–Crippen MR) is 117 cm³/mol. The maximum absolute atomic E-state index is 13.0. The fraction of sp³-hybridized carbons (Fsp3) is 0.300. The van der Waals surface area contributed by atoms with E-state index in [1.807, 2.05) is 36.4 Å². The van der Waals surface area contributed by atoms with Crippen molar-refractivity contribution in [1.29, 1.82) is 0 Å². The molecule has 8 nitrogen and oxygen atoms in total. The molecule has 2 aromatic heterocycles. The Balaban J connectivity index is 1.63. The van der Waals surface area contributed by atoms with Crippen molar-refractivity contribution in [2.24, 2.45) is 0 Å². The number of anilines is 2. The van der Waals surface area contributed by atoms with Crippen molar-refractivity contribution in [3.05, 3.63) is 47.0 Å². The second kappa shape index (κ2) is 9.33. The summed E-state index contributed by atoms with van der Waals surface area (Å²) in [5.41, 5.74) is 2.06. The highest BCUT2D eigenvalue weighted by Gasteiger charge is 2.24. The Kier molecular flexibility index (Phi) is 6.36. The number of carbonyl (C=O) groups excluding carboxylic acids is 2. The molecule has 0 atom stereocenters. The number of aromatic nitrogens is 2. The zero-order valence-corrected chi connectivity index (χ0v) is 17.9. The Morgan fingerprint density at radius 1 is 1.23 bits per heavy atom. The Labute approximate surface area is 181 Å². The molecule has 3 heterocycles. The van der Waals surface area contributed by atoms with Gasteiger partial charge < -0.3 is 19.7 Å². The number of nitrogens with one attached hydrogen (secondary N) is 1. The molecule has 1 fully saturated rings. The van der Waals surface area contributed by atoms with Crippen LogP contribution in [0.15, 0.2) is 36.4 Å². The van der Waals surface area contributed by atoms with Crippen LogP contribution in [0.5, 0.6) is 0 Å². The summed E-state index contributed by atoms with van der Waals surface area (Å²) in [6, 6.07) is 11.9. The zero-order valence-electron chi connectivity index (χ0n) is 16.3. The number of hydrogen-bond acceptors (Lipinski definition) is 9. The second-order valence-corrected chi connectivity index (χ2v) is 8.20. The van der Waals surface area contributed by atoms with E-state index < -0.39 is 5.97 Å². The van der Waals surface area contributed by atoms with Crippen molar-refractivity contribution in [2.75, 3.05) is 43.1 Å². The van der Waals surface area contributed by atoms with Crippen LogP contribution in [0, 0.1) is 0 Å². The Morgan fingerprint density at radius 2 is 2.00 bits per heavy atom. The van der Waals surface area contributed by atoms with Crippen LogP contribution in [0.25, 0.3) is 11.1 Å². The Hall–Kier alpha value is -2.82. The highest BCUT2D eigenvalue weighted by Crippen LogP contribution is 2.39.